The molecule has 0 bridgehead atoms. The molecule has 0 radical (unpaired) electrons. The lowest BCUT2D eigenvalue weighted by Gasteiger charge is -2.28. The minimum atomic E-state index is -2.03. The number of fused-ring (bicyclic) bond motifs is 1. The van der Waals surface area contributed by atoms with Crippen LogP contribution >= 0.6 is 0 Å². The summed E-state index contributed by atoms with van der Waals surface area (Å²) in [6.45, 7) is -0.894. The summed E-state index contributed by atoms with van der Waals surface area (Å²) in [5.41, 5.74) is -1.34. The fourth-order valence-corrected chi connectivity index (χ4v) is 2.34. The minimum Gasteiger partial charge on any atom is -0.394 e. The van der Waals surface area contributed by atoms with Gasteiger partial charge >= 0.3 is 0 Å². The van der Waals surface area contributed by atoms with Gasteiger partial charge in [0, 0.05) is 18.6 Å². The first-order chi connectivity index (χ1) is 12.1. The Morgan fingerprint density at radius 3 is 2.15 bits per heavy atom. The maximum atomic E-state index is 13.3. The number of nitrogens with one attached hydrogen (secondary N) is 1. The number of aromatic nitrogens is 2. The van der Waals surface area contributed by atoms with Crippen LogP contribution in [0.3, 0.4) is 0 Å². The van der Waals surface area contributed by atoms with Crippen molar-refractivity contribution in [2.45, 2.75) is 36.9 Å². The van der Waals surface area contributed by atoms with Crippen molar-refractivity contribution in [1.82, 2.24) is 9.97 Å². The van der Waals surface area contributed by atoms with E-state index in [0.29, 0.717) is 0 Å². The molecule has 11 heteroatoms. The predicted molar refractivity (Wildman–Crippen MR) is 83.1 cm³/mol. The van der Waals surface area contributed by atoms with Crippen molar-refractivity contribution < 1.29 is 39.4 Å². The lowest BCUT2D eigenvalue weighted by Crippen LogP contribution is -2.50. The maximum Gasteiger partial charge on any atom is 0.270 e. The molecule has 2 aromatic rings. The molecule has 1 aromatic heterocycles. The number of hydrogen-bond acceptors (Lipinski definition) is 8. The highest BCUT2D eigenvalue weighted by atomic mass is 19.2. The van der Waals surface area contributed by atoms with Crippen LogP contribution in [0.25, 0.3) is 11.0 Å². The zero-order valence-corrected chi connectivity index (χ0v) is 13.3. The van der Waals surface area contributed by atoms with Crippen LogP contribution in [-0.4, -0.2) is 77.7 Å². The Morgan fingerprint density at radius 1 is 0.962 bits per heavy atom. The van der Waals surface area contributed by atoms with Gasteiger partial charge in [-0.3, -0.25) is 4.79 Å². The second kappa shape index (κ2) is 8.12. The lowest BCUT2D eigenvalue weighted by atomic mass is 9.97. The first-order valence-electron chi connectivity index (χ1n) is 7.54. The first-order valence-corrected chi connectivity index (χ1v) is 7.54. The van der Waals surface area contributed by atoms with Crippen molar-refractivity contribution in [3.05, 3.63) is 39.8 Å². The molecule has 1 heterocycles. The van der Waals surface area contributed by atoms with E-state index in [1.165, 1.54) is 0 Å². The van der Waals surface area contributed by atoms with E-state index in [9.17, 15) is 39.1 Å². The minimum absolute atomic E-state index is 0.0748. The Labute approximate surface area is 144 Å². The second-order valence-electron chi connectivity index (χ2n) is 5.79. The molecule has 1 aromatic carbocycles. The molecule has 0 aliphatic carbocycles. The summed E-state index contributed by atoms with van der Waals surface area (Å²) in [5, 5.41) is 57.0. The van der Waals surface area contributed by atoms with Gasteiger partial charge in [0.2, 0.25) is 0 Å². The van der Waals surface area contributed by atoms with E-state index in [-0.39, 0.29) is 16.7 Å². The zero-order chi connectivity index (χ0) is 19.6. The highest BCUT2D eigenvalue weighted by Gasteiger charge is 2.34. The summed E-state index contributed by atoms with van der Waals surface area (Å²) in [6, 6.07) is 1.48. The molecule has 26 heavy (non-hydrogen) atoms. The second-order valence-corrected chi connectivity index (χ2v) is 5.79. The molecule has 0 spiro atoms. The average molecular weight is 376 g/mol. The average Bonchev–Trinajstić information content (AvgIpc) is 2.61. The molecule has 0 saturated carbocycles. The van der Waals surface area contributed by atoms with Crippen molar-refractivity contribution in [3.63, 3.8) is 0 Å². The van der Waals surface area contributed by atoms with Crippen LogP contribution in [0.5, 0.6) is 0 Å². The fraction of sp³-hybridized carbons (Fsp3) is 0.467. The predicted octanol–water partition coefficient (Wildman–Crippen LogP) is -2.46. The molecular formula is C15H18F2N2O7. The van der Waals surface area contributed by atoms with E-state index in [2.05, 4.69) is 9.97 Å². The number of halogens is 2. The van der Waals surface area contributed by atoms with Gasteiger partial charge in [-0.05, 0) is 0 Å². The SMILES string of the molecule is O=c1[nH]c2cc(F)c(F)cc2nc1C[C@@H](O)[C@@H](O)C(O)[C@H](O)[C@H](O)CO. The van der Waals surface area contributed by atoms with Crippen LogP contribution < -0.4 is 5.56 Å². The van der Waals surface area contributed by atoms with Crippen LogP contribution in [0.4, 0.5) is 8.78 Å². The normalized spacial score (nSPS) is 17.7. The van der Waals surface area contributed by atoms with Crippen molar-refractivity contribution in [2.24, 2.45) is 0 Å². The molecule has 0 saturated heterocycles. The largest absolute Gasteiger partial charge is 0.394 e. The zero-order valence-electron chi connectivity index (χ0n) is 13.3. The van der Waals surface area contributed by atoms with Gasteiger partial charge in [0.25, 0.3) is 5.56 Å². The maximum absolute atomic E-state index is 13.3. The fourth-order valence-electron chi connectivity index (χ4n) is 2.34. The topological polar surface area (TPSA) is 167 Å². The first kappa shape index (κ1) is 20.3. The standard InChI is InChI=1S/C15H18F2N2O7/c16-5-1-7-8(2-6(5)17)19-15(26)9(18-7)3-10(21)12(23)14(25)13(24)11(22)4-20/h1-2,10-14,20-25H,3-4H2,(H,19,26)/t10-,11-,12-,13-,14?/m1/s1. The number of nitrogens with zero attached hydrogens (tertiary/aromatic N) is 1. The van der Waals surface area contributed by atoms with Crippen molar-refractivity contribution >= 4 is 11.0 Å². The molecule has 0 fully saturated rings. The number of H-pyrrole nitrogens is 1. The Kier molecular flexibility index (Phi) is 6.34. The molecule has 144 valence electrons. The third-order valence-electron chi connectivity index (χ3n) is 3.88. The van der Waals surface area contributed by atoms with E-state index in [1.54, 1.807) is 0 Å². The summed E-state index contributed by atoms with van der Waals surface area (Å²) >= 11 is 0. The molecule has 0 amide bonds. The monoisotopic (exact) mass is 376 g/mol. The number of aliphatic hydroxyl groups is 6. The summed E-state index contributed by atoms with van der Waals surface area (Å²) in [7, 11) is 0. The third-order valence-corrected chi connectivity index (χ3v) is 3.88. The third kappa shape index (κ3) is 4.20. The highest BCUT2D eigenvalue weighted by Crippen LogP contribution is 2.15. The van der Waals surface area contributed by atoms with Crippen LogP contribution in [0.15, 0.2) is 16.9 Å². The lowest BCUT2D eigenvalue weighted by molar-refractivity contribution is -0.139. The summed E-state index contributed by atoms with van der Waals surface area (Å²) in [5.74, 6) is -2.38. The molecule has 2 rings (SSSR count). The van der Waals surface area contributed by atoms with Crippen LogP contribution in [0.2, 0.25) is 0 Å². The van der Waals surface area contributed by atoms with E-state index in [1.807, 2.05) is 0 Å². The molecule has 9 nitrogen and oxygen atoms in total. The molecule has 1 unspecified atom stereocenters. The van der Waals surface area contributed by atoms with E-state index in [0.717, 1.165) is 12.1 Å². The Bertz CT molecular complexity index is 831. The number of aliphatic hydroxyl groups excluding tert-OH is 6. The van der Waals surface area contributed by atoms with Gasteiger partial charge in [-0.1, -0.05) is 0 Å². The van der Waals surface area contributed by atoms with Gasteiger partial charge in [0.1, 0.15) is 30.1 Å². The van der Waals surface area contributed by atoms with E-state index < -0.39 is 60.7 Å². The van der Waals surface area contributed by atoms with E-state index in [4.69, 9.17) is 5.11 Å². The van der Waals surface area contributed by atoms with Crippen LogP contribution in [0.1, 0.15) is 5.69 Å². The number of benzene rings is 1. The van der Waals surface area contributed by atoms with Gasteiger partial charge in [0.05, 0.1) is 23.7 Å². The Morgan fingerprint density at radius 2 is 1.54 bits per heavy atom. The van der Waals surface area contributed by atoms with Gasteiger partial charge in [0.15, 0.2) is 11.6 Å². The molecule has 0 aliphatic rings. The van der Waals surface area contributed by atoms with Gasteiger partial charge in [-0.2, -0.15) is 0 Å². The van der Waals surface area contributed by atoms with Crippen LogP contribution in [0, 0.1) is 11.6 Å². The van der Waals surface area contributed by atoms with Crippen molar-refractivity contribution in [3.8, 4) is 0 Å². The summed E-state index contributed by atoms with van der Waals surface area (Å²) in [4.78, 5) is 18.0. The summed E-state index contributed by atoms with van der Waals surface area (Å²) < 4.78 is 26.4. The van der Waals surface area contributed by atoms with Gasteiger partial charge < -0.3 is 35.6 Å². The Balaban J connectivity index is 2.22. The quantitative estimate of drug-likeness (QED) is 0.279. The van der Waals surface area contributed by atoms with Crippen molar-refractivity contribution in [2.75, 3.05) is 6.61 Å². The number of rotatable bonds is 7. The molecule has 0 aliphatic heterocycles. The molecular weight excluding hydrogens is 358 g/mol. The van der Waals surface area contributed by atoms with Gasteiger partial charge in [-0.15, -0.1) is 0 Å². The number of aromatic amines is 1. The van der Waals surface area contributed by atoms with Gasteiger partial charge in [-0.25, -0.2) is 13.8 Å². The number of hydrogen-bond donors (Lipinski definition) is 7. The highest BCUT2D eigenvalue weighted by molar-refractivity contribution is 5.74. The Hall–Kier alpha value is -2.02. The molecule has 5 atom stereocenters. The van der Waals surface area contributed by atoms with E-state index >= 15 is 0 Å². The summed E-state index contributed by atoms with van der Waals surface area (Å²) in [6.07, 6.45) is -10.1. The van der Waals surface area contributed by atoms with Crippen LogP contribution in [-0.2, 0) is 6.42 Å². The van der Waals surface area contributed by atoms with Crippen molar-refractivity contribution in [1.29, 1.82) is 0 Å². The molecule has 7 N–H and O–H groups in total. The smallest absolute Gasteiger partial charge is 0.270 e.